The molecule has 0 bridgehead atoms. The third-order valence-corrected chi connectivity index (χ3v) is 3.89. The lowest BCUT2D eigenvalue weighted by atomic mass is 10.2. The van der Waals surface area contributed by atoms with Gasteiger partial charge in [-0.15, -0.1) is 0 Å². The molecule has 0 radical (unpaired) electrons. The highest BCUT2D eigenvalue weighted by molar-refractivity contribution is 7.07. The first-order valence-electron chi connectivity index (χ1n) is 6.08. The Morgan fingerprint density at radius 1 is 1.39 bits per heavy atom. The number of carboxylic acid groups (broad SMARTS) is 1. The Morgan fingerprint density at radius 3 is 2.56 bits per heavy atom. The molecule has 1 aromatic heterocycles. The zero-order valence-corrected chi connectivity index (χ0v) is 11.5. The summed E-state index contributed by atoms with van der Waals surface area (Å²) >= 11 is 0.954. The van der Waals surface area contributed by atoms with Crippen LogP contribution in [0.2, 0.25) is 0 Å². The van der Waals surface area contributed by atoms with Gasteiger partial charge in [-0.05, 0) is 25.4 Å². The Hall–Kier alpha value is -1.05. The van der Waals surface area contributed by atoms with Gasteiger partial charge in [0.2, 0.25) is 5.01 Å². The second kappa shape index (κ2) is 5.73. The maximum atomic E-state index is 10.7. The van der Waals surface area contributed by atoms with Crippen molar-refractivity contribution < 1.29 is 9.90 Å². The summed E-state index contributed by atoms with van der Waals surface area (Å²) in [6, 6.07) is 0.586. The maximum absolute atomic E-state index is 10.7. The van der Waals surface area contributed by atoms with Gasteiger partial charge in [-0.25, -0.2) is 9.78 Å². The van der Waals surface area contributed by atoms with E-state index < -0.39 is 5.97 Å². The van der Waals surface area contributed by atoms with Gasteiger partial charge in [-0.3, -0.25) is 9.80 Å². The molecule has 1 saturated heterocycles. The summed E-state index contributed by atoms with van der Waals surface area (Å²) in [5.74, 6) is -0.376. The fraction of sp³-hybridized carbons (Fsp3) is 0.727. The lowest BCUT2D eigenvalue weighted by molar-refractivity contribution is 0.0695. The van der Waals surface area contributed by atoms with E-state index in [1.165, 1.54) is 0 Å². The van der Waals surface area contributed by atoms with Gasteiger partial charge in [0.05, 0.1) is 6.54 Å². The molecule has 6 nitrogen and oxygen atoms in total. The van der Waals surface area contributed by atoms with Crippen LogP contribution in [0.4, 0.5) is 0 Å². The van der Waals surface area contributed by atoms with Crippen LogP contribution in [-0.4, -0.2) is 62.5 Å². The summed E-state index contributed by atoms with van der Waals surface area (Å²) in [5.41, 5.74) is 0. The predicted molar refractivity (Wildman–Crippen MR) is 68.9 cm³/mol. The van der Waals surface area contributed by atoms with E-state index in [9.17, 15) is 4.79 Å². The molecule has 100 valence electrons. The van der Waals surface area contributed by atoms with Gasteiger partial charge < -0.3 is 5.11 Å². The van der Waals surface area contributed by atoms with Gasteiger partial charge >= 0.3 is 5.97 Å². The van der Waals surface area contributed by atoms with E-state index in [2.05, 4.69) is 33.0 Å². The predicted octanol–water partition coefficient (Wildman–Crippen LogP) is 0.762. The van der Waals surface area contributed by atoms with Gasteiger partial charge in [-0.2, -0.15) is 4.37 Å². The highest BCUT2D eigenvalue weighted by Crippen LogP contribution is 2.10. The fourth-order valence-electron chi connectivity index (χ4n) is 2.04. The first-order valence-corrected chi connectivity index (χ1v) is 6.86. The molecule has 0 amide bonds. The number of hydrogen-bond donors (Lipinski definition) is 1. The van der Waals surface area contributed by atoms with Gasteiger partial charge in [0.25, 0.3) is 0 Å². The molecule has 1 aromatic rings. The van der Waals surface area contributed by atoms with Crippen molar-refractivity contribution >= 4 is 17.5 Å². The number of aromatic carboxylic acids is 1. The Kier molecular flexibility index (Phi) is 4.26. The Labute approximate surface area is 110 Å². The van der Waals surface area contributed by atoms with Crippen molar-refractivity contribution in [3.8, 4) is 0 Å². The fourth-order valence-corrected chi connectivity index (χ4v) is 2.56. The minimum absolute atomic E-state index is 0.0748. The largest absolute Gasteiger partial charge is 0.476 e. The van der Waals surface area contributed by atoms with Crippen LogP contribution in [0.5, 0.6) is 0 Å². The molecule has 1 fully saturated rings. The number of aromatic nitrogens is 2. The SMILES string of the molecule is CC(C)N1CCN(Cc2nsc(C(=O)O)n2)CC1. The highest BCUT2D eigenvalue weighted by Gasteiger charge is 2.20. The summed E-state index contributed by atoms with van der Waals surface area (Å²) in [5, 5.41) is 8.86. The molecule has 0 unspecified atom stereocenters. The third kappa shape index (κ3) is 3.24. The summed E-state index contributed by atoms with van der Waals surface area (Å²) in [6.45, 7) is 9.13. The van der Waals surface area contributed by atoms with Crippen LogP contribution >= 0.6 is 11.5 Å². The number of carboxylic acids is 1. The van der Waals surface area contributed by atoms with Crippen molar-refractivity contribution in [3.63, 3.8) is 0 Å². The maximum Gasteiger partial charge on any atom is 0.366 e. The minimum atomic E-state index is -0.997. The summed E-state index contributed by atoms with van der Waals surface area (Å²) in [7, 11) is 0. The lowest BCUT2D eigenvalue weighted by Gasteiger charge is -2.36. The first kappa shape index (κ1) is 13.4. The monoisotopic (exact) mass is 270 g/mol. The van der Waals surface area contributed by atoms with Crippen LogP contribution in [0, 0.1) is 0 Å². The van der Waals surface area contributed by atoms with E-state index >= 15 is 0 Å². The van der Waals surface area contributed by atoms with Crippen molar-refractivity contribution in [2.75, 3.05) is 26.2 Å². The number of rotatable bonds is 4. The van der Waals surface area contributed by atoms with Gasteiger partial charge in [-0.1, -0.05) is 0 Å². The van der Waals surface area contributed by atoms with Crippen molar-refractivity contribution in [2.45, 2.75) is 26.4 Å². The van der Waals surface area contributed by atoms with Crippen molar-refractivity contribution in [1.82, 2.24) is 19.2 Å². The molecule has 0 aliphatic carbocycles. The number of carbonyl (C=O) groups is 1. The average Bonchev–Trinajstić information content (AvgIpc) is 2.78. The zero-order chi connectivity index (χ0) is 13.1. The molecule has 7 heteroatoms. The van der Waals surface area contributed by atoms with Gasteiger partial charge in [0, 0.05) is 32.2 Å². The summed E-state index contributed by atoms with van der Waals surface area (Å²) < 4.78 is 4.08. The zero-order valence-electron chi connectivity index (χ0n) is 10.7. The Morgan fingerprint density at radius 2 is 2.06 bits per heavy atom. The quantitative estimate of drug-likeness (QED) is 0.871. The second-order valence-electron chi connectivity index (χ2n) is 4.73. The molecule has 18 heavy (non-hydrogen) atoms. The van der Waals surface area contributed by atoms with Crippen LogP contribution in [0.3, 0.4) is 0 Å². The van der Waals surface area contributed by atoms with Crippen molar-refractivity contribution in [2.24, 2.45) is 0 Å². The smallest absolute Gasteiger partial charge is 0.366 e. The van der Waals surface area contributed by atoms with Gasteiger partial charge in [0.1, 0.15) is 0 Å². The molecule has 1 aliphatic rings. The molecule has 0 saturated carbocycles. The first-order chi connectivity index (χ1) is 8.56. The molecule has 0 spiro atoms. The van der Waals surface area contributed by atoms with Crippen LogP contribution in [0.25, 0.3) is 0 Å². The van der Waals surface area contributed by atoms with E-state index in [0.29, 0.717) is 18.4 Å². The molecule has 2 rings (SSSR count). The van der Waals surface area contributed by atoms with E-state index in [0.717, 1.165) is 37.7 Å². The average molecular weight is 270 g/mol. The van der Waals surface area contributed by atoms with Crippen LogP contribution < -0.4 is 0 Å². The molecular weight excluding hydrogens is 252 g/mol. The van der Waals surface area contributed by atoms with Crippen molar-refractivity contribution in [1.29, 1.82) is 0 Å². The number of hydrogen-bond acceptors (Lipinski definition) is 6. The standard InChI is InChI=1S/C11H18N4O2S/c1-8(2)15-5-3-14(4-6-15)7-9-12-10(11(16)17)18-13-9/h8H,3-7H2,1-2H3,(H,16,17). The normalized spacial score (nSPS) is 18.4. The van der Waals surface area contributed by atoms with E-state index in [4.69, 9.17) is 5.11 Å². The van der Waals surface area contributed by atoms with Crippen LogP contribution in [0.1, 0.15) is 29.5 Å². The van der Waals surface area contributed by atoms with E-state index in [-0.39, 0.29) is 5.01 Å². The van der Waals surface area contributed by atoms with Crippen LogP contribution in [0.15, 0.2) is 0 Å². The minimum Gasteiger partial charge on any atom is -0.476 e. The summed E-state index contributed by atoms with van der Waals surface area (Å²) in [4.78, 5) is 19.4. The Bertz CT molecular complexity index is 413. The molecule has 1 N–H and O–H groups in total. The second-order valence-corrected chi connectivity index (χ2v) is 5.48. The van der Waals surface area contributed by atoms with Crippen LogP contribution in [-0.2, 0) is 6.54 Å². The topological polar surface area (TPSA) is 69.6 Å². The molecular formula is C11H18N4O2S. The van der Waals surface area contributed by atoms with Gasteiger partial charge in [0.15, 0.2) is 5.82 Å². The van der Waals surface area contributed by atoms with E-state index in [1.54, 1.807) is 0 Å². The molecule has 0 aromatic carbocycles. The number of piperazine rings is 1. The lowest BCUT2D eigenvalue weighted by Crippen LogP contribution is -2.48. The summed E-state index contributed by atoms with van der Waals surface area (Å²) in [6.07, 6.45) is 0. The molecule has 1 aliphatic heterocycles. The Balaban J connectivity index is 1.85. The molecule has 2 heterocycles. The van der Waals surface area contributed by atoms with Crippen molar-refractivity contribution in [3.05, 3.63) is 10.8 Å². The third-order valence-electron chi connectivity index (χ3n) is 3.15. The molecule has 0 atom stereocenters. The van der Waals surface area contributed by atoms with E-state index in [1.807, 2.05) is 0 Å². The number of nitrogens with zero attached hydrogens (tertiary/aromatic N) is 4. The highest BCUT2D eigenvalue weighted by atomic mass is 32.1.